The highest BCUT2D eigenvalue weighted by atomic mass is 32.2. The van der Waals surface area contributed by atoms with Crippen LogP contribution in [0, 0.1) is 0 Å². The van der Waals surface area contributed by atoms with E-state index < -0.39 is 15.6 Å². The molecule has 6 nitrogen and oxygen atoms in total. The molecule has 0 atom stereocenters. The van der Waals surface area contributed by atoms with Crippen molar-refractivity contribution in [2.45, 2.75) is 36.6 Å². The van der Waals surface area contributed by atoms with Crippen LogP contribution in [0.3, 0.4) is 0 Å². The van der Waals surface area contributed by atoms with Gasteiger partial charge in [0.25, 0.3) is 0 Å². The van der Waals surface area contributed by atoms with Gasteiger partial charge in [0.15, 0.2) is 0 Å². The second-order valence-electron chi connectivity index (χ2n) is 4.96. The number of carbonyl (C=O) groups is 1. The zero-order valence-corrected chi connectivity index (χ0v) is 12.2. The topological polar surface area (TPSA) is 101 Å². The van der Waals surface area contributed by atoms with Crippen molar-refractivity contribution in [3.63, 3.8) is 0 Å². The van der Waals surface area contributed by atoms with Gasteiger partial charge in [0.2, 0.25) is 15.9 Å². The van der Waals surface area contributed by atoms with E-state index in [1.54, 1.807) is 25.1 Å². The number of benzene rings is 1. The number of sulfonamides is 1. The lowest BCUT2D eigenvalue weighted by Gasteiger charge is -2.36. The van der Waals surface area contributed by atoms with E-state index in [1.807, 2.05) is 0 Å². The molecule has 1 saturated carbocycles. The minimum atomic E-state index is -3.63. The van der Waals surface area contributed by atoms with Crippen LogP contribution < -0.4 is 15.8 Å². The van der Waals surface area contributed by atoms with Crippen molar-refractivity contribution in [2.24, 2.45) is 5.73 Å². The Morgan fingerprint density at radius 3 is 2.55 bits per heavy atom. The van der Waals surface area contributed by atoms with Gasteiger partial charge in [-0.15, -0.1) is 0 Å². The van der Waals surface area contributed by atoms with Crippen molar-refractivity contribution in [3.8, 4) is 0 Å². The molecule has 0 saturated heterocycles. The van der Waals surface area contributed by atoms with Gasteiger partial charge in [0, 0.05) is 6.54 Å². The molecule has 110 valence electrons. The highest BCUT2D eigenvalue weighted by Gasteiger charge is 2.40. The van der Waals surface area contributed by atoms with Crippen LogP contribution in [0.25, 0.3) is 0 Å². The van der Waals surface area contributed by atoms with Gasteiger partial charge in [-0.25, -0.2) is 13.1 Å². The summed E-state index contributed by atoms with van der Waals surface area (Å²) >= 11 is 0. The van der Waals surface area contributed by atoms with Crippen molar-refractivity contribution >= 4 is 21.6 Å². The summed E-state index contributed by atoms with van der Waals surface area (Å²) in [6.45, 7) is 1.98. The molecule has 7 heteroatoms. The normalized spacial score (nSPS) is 17.3. The van der Waals surface area contributed by atoms with Crippen LogP contribution in [0.15, 0.2) is 29.2 Å². The number of amides is 1. The summed E-state index contributed by atoms with van der Waals surface area (Å²) in [5, 5.41) is 2.63. The van der Waals surface area contributed by atoms with E-state index in [4.69, 9.17) is 5.73 Å². The Bertz CT molecular complexity index is 609. The summed E-state index contributed by atoms with van der Waals surface area (Å²) in [5.74, 6) is -0.331. The summed E-state index contributed by atoms with van der Waals surface area (Å²) < 4.78 is 26.6. The monoisotopic (exact) mass is 297 g/mol. The highest BCUT2D eigenvalue weighted by Crippen LogP contribution is 2.31. The number of rotatable bonds is 5. The van der Waals surface area contributed by atoms with Crippen molar-refractivity contribution in [1.29, 1.82) is 0 Å². The maximum Gasteiger partial charge on any atom is 0.244 e. The third-order valence-electron chi connectivity index (χ3n) is 3.46. The van der Waals surface area contributed by atoms with Crippen molar-refractivity contribution in [2.75, 3.05) is 11.9 Å². The second-order valence-corrected chi connectivity index (χ2v) is 6.70. The second kappa shape index (κ2) is 5.51. The van der Waals surface area contributed by atoms with E-state index in [9.17, 15) is 13.2 Å². The Hall–Kier alpha value is -1.44. The van der Waals surface area contributed by atoms with Gasteiger partial charge >= 0.3 is 0 Å². The molecule has 1 aliphatic rings. The van der Waals surface area contributed by atoms with Crippen LogP contribution >= 0.6 is 0 Å². The molecule has 0 aliphatic heterocycles. The molecule has 1 amide bonds. The molecular formula is C13H19N3O3S. The molecular weight excluding hydrogens is 278 g/mol. The average Bonchev–Trinajstić information content (AvgIpc) is 2.36. The van der Waals surface area contributed by atoms with E-state index in [2.05, 4.69) is 10.0 Å². The molecule has 1 aromatic carbocycles. The molecule has 1 aliphatic carbocycles. The van der Waals surface area contributed by atoms with E-state index in [-0.39, 0.29) is 23.0 Å². The predicted octanol–water partition coefficient (Wildman–Crippen LogP) is 0.805. The Morgan fingerprint density at radius 1 is 1.35 bits per heavy atom. The van der Waals surface area contributed by atoms with Crippen LogP contribution in [0.5, 0.6) is 0 Å². The first-order valence-corrected chi connectivity index (χ1v) is 8.06. The molecule has 20 heavy (non-hydrogen) atoms. The van der Waals surface area contributed by atoms with Crippen LogP contribution in [0.4, 0.5) is 5.69 Å². The lowest BCUT2D eigenvalue weighted by molar-refractivity contribution is -0.123. The van der Waals surface area contributed by atoms with Gasteiger partial charge in [0.1, 0.15) is 4.90 Å². The van der Waals surface area contributed by atoms with Gasteiger partial charge in [-0.3, -0.25) is 4.79 Å². The van der Waals surface area contributed by atoms with Crippen molar-refractivity contribution < 1.29 is 13.2 Å². The molecule has 0 heterocycles. The maximum absolute atomic E-state index is 12.1. The molecule has 1 aromatic rings. The number of carbonyl (C=O) groups excluding carboxylic acids is 1. The van der Waals surface area contributed by atoms with E-state index in [0.29, 0.717) is 12.8 Å². The molecule has 0 aromatic heterocycles. The van der Waals surface area contributed by atoms with Crippen molar-refractivity contribution in [1.82, 2.24) is 4.72 Å². The minimum absolute atomic E-state index is 0.0538. The van der Waals surface area contributed by atoms with Crippen LogP contribution in [-0.2, 0) is 14.8 Å². The third kappa shape index (κ3) is 2.84. The molecule has 2 rings (SSSR count). The first kappa shape index (κ1) is 15.0. The Kier molecular flexibility index (Phi) is 4.12. The lowest BCUT2D eigenvalue weighted by Crippen LogP contribution is -2.56. The largest absolute Gasteiger partial charge is 0.323 e. The number of para-hydroxylation sites is 1. The number of hydrogen-bond acceptors (Lipinski definition) is 4. The van der Waals surface area contributed by atoms with E-state index in [0.717, 1.165) is 6.42 Å². The molecule has 4 N–H and O–H groups in total. The summed E-state index contributed by atoms with van der Waals surface area (Å²) in [6.07, 6.45) is 2.17. The first-order valence-electron chi connectivity index (χ1n) is 6.58. The Morgan fingerprint density at radius 2 is 2.00 bits per heavy atom. The summed E-state index contributed by atoms with van der Waals surface area (Å²) in [6, 6.07) is 6.30. The fourth-order valence-electron chi connectivity index (χ4n) is 2.10. The van der Waals surface area contributed by atoms with Gasteiger partial charge in [-0.2, -0.15) is 0 Å². The van der Waals surface area contributed by atoms with Gasteiger partial charge in [-0.05, 0) is 31.4 Å². The quantitative estimate of drug-likeness (QED) is 0.748. The summed E-state index contributed by atoms with van der Waals surface area (Å²) in [5.41, 5.74) is 5.33. The van der Waals surface area contributed by atoms with Gasteiger partial charge in [0.05, 0.1) is 11.2 Å². The minimum Gasteiger partial charge on any atom is -0.323 e. The van der Waals surface area contributed by atoms with Crippen molar-refractivity contribution in [3.05, 3.63) is 24.3 Å². The molecule has 0 radical (unpaired) electrons. The Labute approximate surface area is 118 Å². The number of nitrogens with one attached hydrogen (secondary N) is 2. The highest BCUT2D eigenvalue weighted by molar-refractivity contribution is 7.89. The fraction of sp³-hybridized carbons (Fsp3) is 0.462. The fourth-order valence-corrected chi connectivity index (χ4v) is 3.31. The standard InChI is InChI=1S/C13H19N3O3S/c1-2-15-20(18,19)11-7-4-3-6-10(11)16-12(17)13(14)8-5-9-13/h3-4,6-7,15H,2,5,8-9,14H2,1H3,(H,16,17). The van der Waals surface area contributed by atoms with E-state index in [1.165, 1.54) is 6.07 Å². The number of hydrogen-bond donors (Lipinski definition) is 3. The van der Waals surface area contributed by atoms with Gasteiger partial charge < -0.3 is 11.1 Å². The van der Waals surface area contributed by atoms with Crippen LogP contribution in [0.2, 0.25) is 0 Å². The zero-order valence-electron chi connectivity index (χ0n) is 11.3. The first-order chi connectivity index (χ1) is 9.39. The summed E-state index contributed by atoms with van der Waals surface area (Å²) in [4.78, 5) is 12.2. The maximum atomic E-state index is 12.1. The Balaban J connectivity index is 2.27. The van der Waals surface area contributed by atoms with Crippen LogP contribution in [0.1, 0.15) is 26.2 Å². The average molecular weight is 297 g/mol. The van der Waals surface area contributed by atoms with Gasteiger partial charge in [-0.1, -0.05) is 19.1 Å². The zero-order chi connectivity index (χ0) is 14.8. The predicted molar refractivity (Wildman–Crippen MR) is 76.7 cm³/mol. The SMILES string of the molecule is CCNS(=O)(=O)c1ccccc1NC(=O)C1(N)CCC1. The summed E-state index contributed by atoms with van der Waals surface area (Å²) in [7, 11) is -3.63. The number of nitrogens with two attached hydrogens (primary N) is 1. The van der Waals surface area contributed by atoms with E-state index >= 15 is 0 Å². The molecule has 0 spiro atoms. The lowest BCUT2D eigenvalue weighted by atomic mass is 9.77. The number of anilines is 1. The molecule has 0 bridgehead atoms. The third-order valence-corrected chi connectivity index (χ3v) is 5.06. The molecule has 1 fully saturated rings. The smallest absolute Gasteiger partial charge is 0.244 e. The van der Waals surface area contributed by atoms with Crippen LogP contribution in [-0.4, -0.2) is 26.4 Å². The molecule has 0 unspecified atom stereocenters.